The highest BCUT2D eigenvalue weighted by Crippen LogP contribution is 2.24. The van der Waals surface area contributed by atoms with Gasteiger partial charge in [0, 0.05) is 30.5 Å². The van der Waals surface area contributed by atoms with E-state index in [1.807, 2.05) is 12.1 Å². The second-order valence-corrected chi connectivity index (χ2v) is 7.13. The lowest BCUT2D eigenvalue weighted by molar-refractivity contribution is -0.124. The summed E-state index contributed by atoms with van der Waals surface area (Å²) in [5, 5.41) is 11.0. The maximum atomic E-state index is 13.0. The van der Waals surface area contributed by atoms with Crippen molar-refractivity contribution in [3.63, 3.8) is 0 Å². The minimum absolute atomic E-state index is 0.101. The van der Waals surface area contributed by atoms with Crippen LogP contribution >= 0.6 is 11.6 Å². The van der Waals surface area contributed by atoms with Crippen molar-refractivity contribution < 1.29 is 9.32 Å². The van der Waals surface area contributed by atoms with Crippen molar-refractivity contribution in [3.05, 3.63) is 46.6 Å². The van der Waals surface area contributed by atoms with E-state index in [1.54, 1.807) is 19.1 Å². The van der Waals surface area contributed by atoms with Crippen LogP contribution in [-0.4, -0.2) is 41.2 Å². The number of amides is 1. The van der Waals surface area contributed by atoms with Gasteiger partial charge in [0.2, 0.25) is 11.8 Å². The van der Waals surface area contributed by atoms with Gasteiger partial charge in [-0.25, -0.2) is 5.43 Å². The Morgan fingerprint density at radius 2 is 2.15 bits per heavy atom. The quantitative estimate of drug-likeness (QED) is 0.622. The van der Waals surface area contributed by atoms with Gasteiger partial charge >= 0.3 is 0 Å². The van der Waals surface area contributed by atoms with Crippen LogP contribution in [0.15, 0.2) is 28.8 Å². The zero-order valence-corrected chi connectivity index (χ0v) is 15.1. The minimum Gasteiger partial charge on any atom is -0.340 e. The van der Waals surface area contributed by atoms with Crippen LogP contribution in [0.2, 0.25) is 5.02 Å². The molecule has 0 radical (unpaired) electrons. The average molecular weight is 377 g/mol. The molecule has 4 N–H and O–H groups in total. The molecule has 2 aromatic rings. The van der Waals surface area contributed by atoms with Gasteiger partial charge < -0.3 is 15.2 Å². The zero-order valence-electron chi connectivity index (χ0n) is 14.3. The highest BCUT2D eigenvalue weighted by molar-refractivity contribution is 6.30. The monoisotopic (exact) mass is 376 g/mol. The smallest absolute Gasteiger partial charge is 0.239 e. The molecule has 2 saturated heterocycles. The van der Waals surface area contributed by atoms with Gasteiger partial charge in [-0.05, 0) is 30.7 Å². The fourth-order valence-corrected chi connectivity index (χ4v) is 3.72. The van der Waals surface area contributed by atoms with Crippen molar-refractivity contribution in [3.8, 4) is 0 Å². The molecule has 0 spiro atoms. The number of hydrazine groups is 1. The van der Waals surface area contributed by atoms with E-state index in [-0.39, 0.29) is 17.9 Å². The number of hydrogen-bond donors (Lipinski definition) is 4. The van der Waals surface area contributed by atoms with Gasteiger partial charge in [-0.2, -0.15) is 4.98 Å². The highest BCUT2D eigenvalue weighted by Gasteiger charge is 2.42. The molecule has 0 bridgehead atoms. The average Bonchev–Trinajstić information content (AvgIpc) is 3.27. The maximum absolute atomic E-state index is 13.0. The van der Waals surface area contributed by atoms with Crippen molar-refractivity contribution in [1.82, 2.24) is 31.6 Å². The number of aromatic nitrogens is 2. The predicted octanol–water partition coefficient (Wildman–Crippen LogP) is 0.692. The van der Waals surface area contributed by atoms with Gasteiger partial charge in [-0.15, -0.1) is 0 Å². The van der Waals surface area contributed by atoms with Crippen LogP contribution in [0.25, 0.3) is 0 Å². The molecule has 138 valence electrons. The fraction of sp³-hybridized carbons (Fsp3) is 0.471. The third-order valence-corrected chi connectivity index (χ3v) is 5.21. The summed E-state index contributed by atoms with van der Waals surface area (Å²) in [6, 6.07) is 6.73. The number of fused-ring (bicyclic) bond motifs is 1. The first kappa shape index (κ1) is 17.4. The molecule has 9 heteroatoms. The molecular formula is C17H21ClN6O2. The van der Waals surface area contributed by atoms with Gasteiger partial charge in [0.05, 0.1) is 0 Å². The predicted molar refractivity (Wildman–Crippen MR) is 95.3 cm³/mol. The number of nitrogens with one attached hydrogen (secondary N) is 4. The van der Waals surface area contributed by atoms with Crippen LogP contribution in [0, 0.1) is 12.8 Å². The summed E-state index contributed by atoms with van der Waals surface area (Å²) in [5.74, 6) is 0.964. The van der Waals surface area contributed by atoms with Gasteiger partial charge in [0.25, 0.3) is 0 Å². The Labute approximate surface area is 156 Å². The number of rotatable bonds is 4. The molecule has 4 atom stereocenters. The summed E-state index contributed by atoms with van der Waals surface area (Å²) in [4.78, 5) is 17.3. The standard InChI is InChI=1S/C17H21ClN6O2/c1-9-20-16(24-26-9)14(10-2-4-11(18)5-3-10)21-17(25)15-12-8-19-7-6-13(12)22-23-15/h2-5,12-15,19,22-23H,6-8H2,1H3,(H,21,25). The number of hydrogen-bond acceptors (Lipinski definition) is 7. The Morgan fingerprint density at radius 3 is 2.88 bits per heavy atom. The number of nitrogens with zero attached hydrogens (tertiary/aromatic N) is 2. The second kappa shape index (κ2) is 7.32. The number of halogens is 1. The van der Waals surface area contributed by atoms with E-state index in [1.165, 1.54) is 0 Å². The van der Waals surface area contributed by atoms with Crippen molar-refractivity contribution in [2.45, 2.75) is 31.5 Å². The number of benzene rings is 1. The van der Waals surface area contributed by atoms with E-state index in [9.17, 15) is 4.79 Å². The Kier molecular flexibility index (Phi) is 4.90. The summed E-state index contributed by atoms with van der Waals surface area (Å²) >= 11 is 5.99. The summed E-state index contributed by atoms with van der Waals surface area (Å²) in [5.41, 5.74) is 7.21. The Morgan fingerprint density at radius 1 is 1.35 bits per heavy atom. The lowest BCUT2D eigenvalue weighted by Crippen LogP contribution is -2.50. The van der Waals surface area contributed by atoms with Crippen molar-refractivity contribution in [2.24, 2.45) is 5.92 Å². The van der Waals surface area contributed by atoms with Gasteiger partial charge in [0.15, 0.2) is 5.82 Å². The summed E-state index contributed by atoms with van der Waals surface area (Å²) in [7, 11) is 0. The third kappa shape index (κ3) is 3.45. The molecule has 26 heavy (non-hydrogen) atoms. The Bertz CT molecular complexity index is 780. The van der Waals surface area contributed by atoms with Crippen LogP contribution in [0.5, 0.6) is 0 Å². The van der Waals surface area contributed by atoms with Crippen LogP contribution in [0.3, 0.4) is 0 Å². The maximum Gasteiger partial charge on any atom is 0.239 e. The molecule has 1 amide bonds. The summed E-state index contributed by atoms with van der Waals surface area (Å²) < 4.78 is 5.11. The largest absolute Gasteiger partial charge is 0.340 e. The molecule has 1 aromatic carbocycles. The van der Waals surface area contributed by atoms with E-state index >= 15 is 0 Å². The van der Waals surface area contributed by atoms with Crippen molar-refractivity contribution in [1.29, 1.82) is 0 Å². The van der Waals surface area contributed by atoms with Crippen LogP contribution in [0.4, 0.5) is 0 Å². The van der Waals surface area contributed by atoms with E-state index in [0.29, 0.717) is 22.8 Å². The first-order chi connectivity index (χ1) is 12.6. The molecule has 0 saturated carbocycles. The van der Waals surface area contributed by atoms with Crippen molar-refractivity contribution >= 4 is 17.5 Å². The SMILES string of the molecule is Cc1nc(C(NC(=O)C2NNC3CCNCC32)c2ccc(Cl)cc2)no1. The van der Waals surface area contributed by atoms with Crippen molar-refractivity contribution in [2.75, 3.05) is 13.1 Å². The molecule has 8 nitrogen and oxygen atoms in total. The molecule has 2 aliphatic rings. The summed E-state index contributed by atoms with van der Waals surface area (Å²) in [6.07, 6.45) is 0.992. The zero-order chi connectivity index (χ0) is 18.1. The molecule has 2 fully saturated rings. The molecule has 1 aromatic heterocycles. The number of piperidine rings is 1. The Balaban J connectivity index is 1.56. The first-order valence-corrected chi connectivity index (χ1v) is 9.07. The minimum atomic E-state index is -0.505. The molecule has 2 aliphatic heterocycles. The number of carbonyl (C=O) groups is 1. The molecule has 4 unspecified atom stereocenters. The van der Waals surface area contributed by atoms with E-state index in [4.69, 9.17) is 16.1 Å². The topological polar surface area (TPSA) is 104 Å². The van der Waals surface area contributed by atoms with Gasteiger partial charge in [0.1, 0.15) is 12.1 Å². The molecular weight excluding hydrogens is 356 g/mol. The number of carbonyl (C=O) groups excluding carboxylic acids is 1. The van der Waals surface area contributed by atoms with E-state index in [0.717, 1.165) is 25.1 Å². The second-order valence-electron chi connectivity index (χ2n) is 6.69. The molecule has 0 aliphatic carbocycles. The van der Waals surface area contributed by atoms with Crippen LogP contribution in [0.1, 0.15) is 29.7 Å². The van der Waals surface area contributed by atoms with E-state index in [2.05, 4.69) is 31.6 Å². The van der Waals surface area contributed by atoms with Crippen LogP contribution < -0.4 is 21.5 Å². The third-order valence-electron chi connectivity index (χ3n) is 4.96. The fourth-order valence-electron chi connectivity index (χ4n) is 3.59. The lowest BCUT2D eigenvalue weighted by atomic mass is 9.89. The normalized spacial score (nSPS) is 26.3. The lowest BCUT2D eigenvalue weighted by Gasteiger charge is -2.28. The Hall–Kier alpha value is -2.00. The van der Waals surface area contributed by atoms with Gasteiger partial charge in [-0.3, -0.25) is 10.2 Å². The molecule has 4 rings (SSSR count). The van der Waals surface area contributed by atoms with Crippen LogP contribution in [-0.2, 0) is 4.79 Å². The first-order valence-electron chi connectivity index (χ1n) is 8.69. The number of aryl methyl sites for hydroxylation is 1. The van der Waals surface area contributed by atoms with Gasteiger partial charge in [-0.1, -0.05) is 28.9 Å². The summed E-state index contributed by atoms with van der Waals surface area (Å²) in [6.45, 7) is 3.48. The highest BCUT2D eigenvalue weighted by atomic mass is 35.5. The molecule has 3 heterocycles. The van der Waals surface area contributed by atoms with E-state index < -0.39 is 6.04 Å².